The average molecular weight is 673 g/mol. The van der Waals surface area contributed by atoms with Crippen molar-refractivity contribution >= 4 is 44.5 Å². The number of piperidine rings is 1. The number of nitrogens with one attached hydrogen (secondary N) is 2. The van der Waals surface area contributed by atoms with Crippen LogP contribution in [0.15, 0.2) is 78.0 Å². The Morgan fingerprint density at radius 3 is 2.21 bits per heavy atom. The first kappa shape index (κ1) is 32.1. The van der Waals surface area contributed by atoms with Gasteiger partial charge in [0.15, 0.2) is 9.84 Å². The number of sulfone groups is 1. The molecular formula is C35H41FN8O3S. The summed E-state index contributed by atoms with van der Waals surface area (Å²) in [5.41, 5.74) is 3.33. The quantitative estimate of drug-likeness (QED) is 0.219. The van der Waals surface area contributed by atoms with Crippen LogP contribution in [-0.2, 0) is 9.84 Å². The first-order chi connectivity index (χ1) is 23.2. The summed E-state index contributed by atoms with van der Waals surface area (Å²) in [6.45, 7) is 7.31. The van der Waals surface area contributed by atoms with Gasteiger partial charge in [-0.15, -0.1) is 0 Å². The highest BCUT2D eigenvalue weighted by Crippen LogP contribution is 2.39. The number of piperazine rings is 1. The standard InChI is InChI=1S/C35H41FN8O3S/c1-23(2)48(45,46)33-7-5-4-6-31(33)40-35-38-22-37-34(41-35)39-30-13-12-27(19-32(30)47-3)42-16-14-26(15-17-42)44-21-28-18-29(44)20-43(28)25-10-8-24(36)9-11-25/h4-13,19,22-23,26,28-29H,14-18,20-21H2,1-3H3,(H2,37,38,39,40,41)/t28-,29-/m0/s1. The molecule has 0 aliphatic carbocycles. The van der Waals surface area contributed by atoms with Gasteiger partial charge in [-0.2, -0.15) is 4.98 Å². The number of fused-ring (bicyclic) bond motifs is 2. The number of methoxy groups -OCH3 is 1. The summed E-state index contributed by atoms with van der Waals surface area (Å²) in [4.78, 5) is 20.7. The zero-order valence-electron chi connectivity index (χ0n) is 27.4. The van der Waals surface area contributed by atoms with E-state index >= 15 is 0 Å². The first-order valence-electron chi connectivity index (χ1n) is 16.5. The maximum atomic E-state index is 13.4. The summed E-state index contributed by atoms with van der Waals surface area (Å²) in [6.07, 6.45) is 4.75. The average Bonchev–Trinajstić information content (AvgIpc) is 3.71. The topological polar surface area (TPSA) is 116 Å². The Kier molecular flexibility index (Phi) is 8.82. The number of likely N-dealkylation sites (tertiary alicyclic amines) is 1. The number of anilines is 6. The summed E-state index contributed by atoms with van der Waals surface area (Å²) >= 11 is 0. The molecule has 3 fully saturated rings. The summed E-state index contributed by atoms with van der Waals surface area (Å²) in [5, 5.41) is 5.70. The largest absolute Gasteiger partial charge is 0.494 e. The third-order valence-corrected chi connectivity index (χ3v) is 12.0. The molecule has 3 saturated heterocycles. The van der Waals surface area contributed by atoms with Crippen LogP contribution in [0.2, 0.25) is 0 Å². The second-order valence-electron chi connectivity index (χ2n) is 12.9. The molecule has 0 amide bonds. The number of rotatable bonds is 10. The molecular weight excluding hydrogens is 632 g/mol. The van der Waals surface area contributed by atoms with E-state index in [9.17, 15) is 12.8 Å². The van der Waals surface area contributed by atoms with Crippen LogP contribution >= 0.6 is 0 Å². The zero-order chi connectivity index (χ0) is 33.4. The molecule has 11 nitrogen and oxygen atoms in total. The maximum absolute atomic E-state index is 13.4. The number of hydrogen-bond acceptors (Lipinski definition) is 11. The van der Waals surface area contributed by atoms with E-state index < -0.39 is 15.1 Å². The van der Waals surface area contributed by atoms with E-state index in [1.54, 1.807) is 57.4 Å². The minimum absolute atomic E-state index is 0.188. The van der Waals surface area contributed by atoms with Gasteiger partial charge >= 0.3 is 0 Å². The van der Waals surface area contributed by atoms with E-state index in [-0.39, 0.29) is 16.7 Å². The van der Waals surface area contributed by atoms with Crippen molar-refractivity contribution in [3.8, 4) is 5.75 Å². The van der Waals surface area contributed by atoms with Crippen molar-refractivity contribution in [1.29, 1.82) is 0 Å². The lowest BCUT2D eigenvalue weighted by Crippen LogP contribution is -2.53. The smallest absolute Gasteiger partial charge is 0.232 e. The van der Waals surface area contributed by atoms with E-state index in [0.29, 0.717) is 41.2 Å². The molecule has 4 aromatic rings. The van der Waals surface area contributed by atoms with Crippen LogP contribution < -0.4 is 25.2 Å². The summed E-state index contributed by atoms with van der Waals surface area (Å²) < 4.78 is 45.0. The predicted molar refractivity (Wildman–Crippen MR) is 186 cm³/mol. The molecule has 13 heteroatoms. The highest BCUT2D eigenvalue weighted by Gasteiger charge is 2.46. The van der Waals surface area contributed by atoms with Crippen molar-refractivity contribution in [2.45, 2.75) is 61.4 Å². The Hall–Kier alpha value is -4.49. The fraction of sp³-hybridized carbons (Fsp3) is 0.400. The molecule has 3 aromatic carbocycles. The molecule has 0 radical (unpaired) electrons. The van der Waals surface area contributed by atoms with Crippen molar-refractivity contribution in [2.75, 3.05) is 53.7 Å². The van der Waals surface area contributed by atoms with E-state index in [1.807, 2.05) is 24.3 Å². The lowest BCUT2D eigenvalue weighted by Gasteiger charge is -2.43. The number of benzene rings is 3. The number of para-hydroxylation sites is 1. The van der Waals surface area contributed by atoms with Crippen LogP contribution in [0.25, 0.3) is 0 Å². The predicted octanol–water partition coefficient (Wildman–Crippen LogP) is 5.62. The molecule has 2 bridgehead atoms. The van der Waals surface area contributed by atoms with E-state index in [2.05, 4.69) is 46.4 Å². The SMILES string of the molecule is COc1cc(N2CCC(N3C[C@@H]4C[C@H]3CN4c3ccc(F)cc3)CC2)ccc1Nc1ncnc(Nc2ccccc2S(=O)(=O)C(C)C)n1. The normalized spacial score (nSPS) is 20.0. The Bertz CT molecular complexity index is 1870. The van der Waals surface area contributed by atoms with Crippen LogP contribution in [0.4, 0.5) is 39.0 Å². The highest BCUT2D eigenvalue weighted by atomic mass is 32.2. The molecule has 3 aliphatic rings. The molecule has 7 rings (SSSR count). The third-order valence-electron chi connectivity index (χ3n) is 9.80. The van der Waals surface area contributed by atoms with Crippen LogP contribution in [-0.4, -0.2) is 84.9 Å². The zero-order valence-corrected chi connectivity index (χ0v) is 28.2. The van der Waals surface area contributed by atoms with Gasteiger partial charge in [-0.05, 0) is 81.6 Å². The van der Waals surface area contributed by atoms with Crippen molar-refractivity contribution < 1.29 is 17.5 Å². The number of ether oxygens (including phenoxy) is 1. The summed E-state index contributed by atoms with van der Waals surface area (Å²) in [6, 6.07) is 21.3. The summed E-state index contributed by atoms with van der Waals surface area (Å²) in [5.74, 6) is 0.982. The van der Waals surface area contributed by atoms with Gasteiger partial charge in [0.1, 0.15) is 17.9 Å². The van der Waals surface area contributed by atoms with Crippen LogP contribution in [0.3, 0.4) is 0 Å². The molecule has 1 aromatic heterocycles. The van der Waals surface area contributed by atoms with E-state index in [0.717, 1.165) is 50.4 Å². The Labute approximate surface area is 281 Å². The van der Waals surface area contributed by atoms with Gasteiger partial charge < -0.3 is 25.2 Å². The summed E-state index contributed by atoms with van der Waals surface area (Å²) in [7, 11) is -1.88. The fourth-order valence-electron chi connectivity index (χ4n) is 7.26. The van der Waals surface area contributed by atoms with Gasteiger partial charge in [0.05, 0.1) is 28.6 Å². The van der Waals surface area contributed by atoms with Gasteiger partial charge in [-0.25, -0.2) is 22.8 Å². The lowest BCUT2D eigenvalue weighted by atomic mass is 10.0. The minimum atomic E-state index is -3.51. The maximum Gasteiger partial charge on any atom is 0.232 e. The van der Waals surface area contributed by atoms with Gasteiger partial charge in [0.2, 0.25) is 11.9 Å². The van der Waals surface area contributed by atoms with Crippen LogP contribution in [0.1, 0.15) is 33.1 Å². The second-order valence-corrected chi connectivity index (χ2v) is 15.4. The Balaban J connectivity index is 0.974. The van der Waals surface area contributed by atoms with Crippen molar-refractivity contribution in [1.82, 2.24) is 19.9 Å². The molecule has 2 N–H and O–H groups in total. The van der Waals surface area contributed by atoms with E-state index in [4.69, 9.17) is 4.74 Å². The number of halogens is 1. The Morgan fingerprint density at radius 1 is 0.854 bits per heavy atom. The van der Waals surface area contributed by atoms with Crippen molar-refractivity contribution in [3.63, 3.8) is 0 Å². The number of aromatic nitrogens is 3. The second kappa shape index (κ2) is 13.2. The highest BCUT2D eigenvalue weighted by molar-refractivity contribution is 7.92. The van der Waals surface area contributed by atoms with Crippen molar-refractivity contribution in [3.05, 3.63) is 78.9 Å². The van der Waals surface area contributed by atoms with Gasteiger partial charge in [0, 0.05) is 61.7 Å². The van der Waals surface area contributed by atoms with E-state index in [1.165, 1.54) is 12.7 Å². The minimum Gasteiger partial charge on any atom is -0.494 e. The van der Waals surface area contributed by atoms with Gasteiger partial charge in [0.25, 0.3) is 0 Å². The Morgan fingerprint density at radius 2 is 1.54 bits per heavy atom. The van der Waals surface area contributed by atoms with Crippen molar-refractivity contribution in [2.24, 2.45) is 0 Å². The van der Waals surface area contributed by atoms with Crippen LogP contribution in [0.5, 0.6) is 5.75 Å². The molecule has 252 valence electrons. The monoisotopic (exact) mass is 672 g/mol. The molecule has 3 aliphatic heterocycles. The molecule has 0 spiro atoms. The first-order valence-corrected chi connectivity index (χ1v) is 18.0. The van der Waals surface area contributed by atoms with Crippen LogP contribution in [0, 0.1) is 5.82 Å². The molecule has 4 heterocycles. The van der Waals surface area contributed by atoms with Gasteiger partial charge in [-0.1, -0.05) is 12.1 Å². The fourth-order valence-corrected chi connectivity index (χ4v) is 8.46. The molecule has 2 atom stereocenters. The lowest BCUT2D eigenvalue weighted by molar-refractivity contribution is 0.144. The molecule has 48 heavy (non-hydrogen) atoms. The third kappa shape index (κ3) is 6.36. The number of nitrogens with zero attached hydrogens (tertiary/aromatic N) is 6. The molecule has 0 unspecified atom stereocenters. The number of hydrogen-bond donors (Lipinski definition) is 2. The van der Waals surface area contributed by atoms with Gasteiger partial charge in [-0.3, -0.25) is 4.90 Å². The molecule has 0 saturated carbocycles.